The molecule has 9 heavy (non-hydrogen) atoms. The van der Waals surface area contributed by atoms with Gasteiger partial charge in [-0.3, -0.25) is 9.59 Å². The molecule has 1 saturated carbocycles. The van der Waals surface area contributed by atoms with Gasteiger partial charge in [-0.25, -0.2) is 0 Å². The van der Waals surface area contributed by atoms with Crippen LogP contribution < -0.4 is 0 Å². The summed E-state index contributed by atoms with van der Waals surface area (Å²) in [5.41, 5.74) is 0. The van der Waals surface area contributed by atoms with Crippen LogP contribution in [0.1, 0.15) is 12.8 Å². The number of ketones is 2. The normalized spacial score (nSPS) is 25.1. The zero-order valence-corrected chi connectivity index (χ0v) is 4.63. The lowest BCUT2D eigenvalue weighted by Crippen LogP contribution is -2.39. The minimum atomic E-state index is -2.67. The lowest BCUT2D eigenvalue weighted by atomic mass is 10.2. The first-order valence-corrected chi connectivity index (χ1v) is 2.56. The highest BCUT2D eigenvalue weighted by Gasteiger charge is 2.46. The lowest BCUT2D eigenvalue weighted by Gasteiger charge is -2.07. The quantitative estimate of drug-likeness (QED) is 0.312. The zero-order valence-electron chi connectivity index (χ0n) is 4.63. The number of hydrogen-bond donors (Lipinski definition) is 2. The Bertz CT molecular complexity index is 152. The Morgan fingerprint density at radius 3 is 1.56 bits per heavy atom. The predicted molar refractivity (Wildman–Crippen MR) is 26.4 cm³/mol. The summed E-state index contributed by atoms with van der Waals surface area (Å²) in [7, 11) is 0. The Labute approximate surface area is 51.1 Å². The molecule has 1 rings (SSSR count). The predicted octanol–water partition coefficient (Wildman–Crippen LogP) is -1.40. The fourth-order valence-electron chi connectivity index (χ4n) is 0.731. The van der Waals surface area contributed by atoms with Gasteiger partial charge in [-0.1, -0.05) is 0 Å². The Morgan fingerprint density at radius 2 is 1.44 bits per heavy atom. The molecule has 0 unspecified atom stereocenters. The molecule has 1 aliphatic rings. The average molecular weight is 130 g/mol. The van der Waals surface area contributed by atoms with Gasteiger partial charge in [-0.2, -0.15) is 0 Å². The van der Waals surface area contributed by atoms with Crippen molar-refractivity contribution in [1.82, 2.24) is 0 Å². The van der Waals surface area contributed by atoms with E-state index in [1.165, 1.54) is 0 Å². The molecule has 0 aromatic rings. The Hall–Kier alpha value is -0.740. The summed E-state index contributed by atoms with van der Waals surface area (Å²) in [4.78, 5) is 20.8. The molecule has 0 amide bonds. The second-order valence-corrected chi connectivity index (χ2v) is 2.02. The molecule has 0 radical (unpaired) electrons. The van der Waals surface area contributed by atoms with Gasteiger partial charge < -0.3 is 10.2 Å². The lowest BCUT2D eigenvalue weighted by molar-refractivity contribution is -0.181. The summed E-state index contributed by atoms with van der Waals surface area (Å²) < 4.78 is 0. The van der Waals surface area contributed by atoms with Gasteiger partial charge in [-0.15, -0.1) is 0 Å². The summed E-state index contributed by atoms with van der Waals surface area (Å²) in [6.07, 6.45) is -0.0995. The molecule has 0 saturated heterocycles. The van der Waals surface area contributed by atoms with Crippen LogP contribution in [0.3, 0.4) is 0 Å². The summed E-state index contributed by atoms with van der Waals surface area (Å²) in [6, 6.07) is 0. The first kappa shape index (κ1) is 6.38. The summed E-state index contributed by atoms with van der Waals surface area (Å²) in [5.74, 6) is -4.26. The first-order valence-electron chi connectivity index (χ1n) is 2.56. The van der Waals surface area contributed by atoms with Crippen molar-refractivity contribution in [3.8, 4) is 0 Å². The maximum atomic E-state index is 10.4. The molecule has 50 valence electrons. The highest BCUT2D eigenvalue weighted by molar-refractivity contribution is 6.13. The number of Topliss-reactive ketones (excluding diaryl/α,β-unsaturated/α-hetero) is 2. The minimum Gasteiger partial charge on any atom is -0.354 e. The van der Waals surface area contributed by atoms with Crippen molar-refractivity contribution < 1.29 is 19.8 Å². The highest BCUT2D eigenvalue weighted by atomic mass is 16.5. The molecule has 4 heteroatoms. The van der Waals surface area contributed by atoms with E-state index in [1.54, 1.807) is 0 Å². The van der Waals surface area contributed by atoms with Crippen LogP contribution in [0.2, 0.25) is 0 Å². The summed E-state index contributed by atoms with van der Waals surface area (Å²) in [6.45, 7) is 0. The Kier molecular flexibility index (Phi) is 1.15. The van der Waals surface area contributed by atoms with Crippen LogP contribution in [0.4, 0.5) is 0 Å². The largest absolute Gasteiger partial charge is 0.354 e. The second kappa shape index (κ2) is 1.62. The van der Waals surface area contributed by atoms with Crippen molar-refractivity contribution in [3.63, 3.8) is 0 Å². The van der Waals surface area contributed by atoms with Crippen molar-refractivity contribution >= 4 is 11.6 Å². The van der Waals surface area contributed by atoms with Gasteiger partial charge in [0.15, 0.2) is 11.6 Å². The molecule has 1 aliphatic carbocycles. The van der Waals surface area contributed by atoms with E-state index in [0.29, 0.717) is 0 Å². The summed E-state index contributed by atoms with van der Waals surface area (Å²) >= 11 is 0. The van der Waals surface area contributed by atoms with E-state index in [-0.39, 0.29) is 12.8 Å². The zero-order chi connectivity index (χ0) is 7.07. The molecule has 0 bridgehead atoms. The second-order valence-electron chi connectivity index (χ2n) is 2.02. The standard InChI is InChI=1S/C5H6O4/c6-3-1-2-4(7)5(3,8)9/h8-9H,1-2H2. The van der Waals surface area contributed by atoms with Gasteiger partial charge in [-0.05, 0) is 0 Å². The van der Waals surface area contributed by atoms with Gasteiger partial charge in [0.25, 0.3) is 5.79 Å². The SMILES string of the molecule is O=C1CCC(=O)C1(O)O. The number of aliphatic hydroxyl groups is 2. The van der Waals surface area contributed by atoms with Crippen LogP contribution in [-0.2, 0) is 9.59 Å². The molecule has 0 aliphatic heterocycles. The van der Waals surface area contributed by atoms with Gasteiger partial charge in [0.1, 0.15) is 0 Å². The first-order chi connectivity index (χ1) is 4.05. The highest BCUT2D eigenvalue weighted by Crippen LogP contribution is 2.18. The maximum Gasteiger partial charge on any atom is 0.285 e. The van der Waals surface area contributed by atoms with E-state index >= 15 is 0 Å². The Morgan fingerprint density at radius 1 is 1.11 bits per heavy atom. The summed E-state index contributed by atoms with van der Waals surface area (Å²) in [5, 5.41) is 17.2. The molecular formula is C5H6O4. The van der Waals surface area contributed by atoms with E-state index in [1.807, 2.05) is 0 Å². The molecule has 0 atom stereocenters. The smallest absolute Gasteiger partial charge is 0.285 e. The number of carbonyl (C=O) groups is 2. The number of rotatable bonds is 0. The molecule has 0 spiro atoms. The van der Waals surface area contributed by atoms with Crippen molar-refractivity contribution in [1.29, 1.82) is 0 Å². The third-order valence-corrected chi connectivity index (χ3v) is 1.36. The van der Waals surface area contributed by atoms with Gasteiger partial charge in [0, 0.05) is 12.8 Å². The van der Waals surface area contributed by atoms with Crippen molar-refractivity contribution in [2.75, 3.05) is 0 Å². The molecule has 0 aromatic carbocycles. The fourth-order valence-corrected chi connectivity index (χ4v) is 0.731. The van der Waals surface area contributed by atoms with Crippen LogP contribution in [0.25, 0.3) is 0 Å². The minimum absolute atomic E-state index is 0.0498. The average Bonchev–Trinajstić information content (AvgIpc) is 1.96. The third kappa shape index (κ3) is 0.760. The van der Waals surface area contributed by atoms with Gasteiger partial charge in [0.05, 0.1) is 0 Å². The van der Waals surface area contributed by atoms with Crippen LogP contribution in [0, 0.1) is 0 Å². The third-order valence-electron chi connectivity index (χ3n) is 1.36. The monoisotopic (exact) mass is 130 g/mol. The number of hydrogen-bond acceptors (Lipinski definition) is 4. The molecule has 4 nitrogen and oxygen atoms in total. The molecule has 0 heterocycles. The van der Waals surface area contributed by atoms with Crippen LogP contribution in [0.5, 0.6) is 0 Å². The maximum absolute atomic E-state index is 10.4. The molecule has 0 aromatic heterocycles. The topological polar surface area (TPSA) is 74.6 Å². The van der Waals surface area contributed by atoms with Gasteiger partial charge >= 0.3 is 0 Å². The van der Waals surface area contributed by atoms with Crippen LogP contribution in [0.15, 0.2) is 0 Å². The van der Waals surface area contributed by atoms with Crippen molar-refractivity contribution in [2.45, 2.75) is 18.6 Å². The fraction of sp³-hybridized carbons (Fsp3) is 0.600. The van der Waals surface area contributed by atoms with E-state index in [2.05, 4.69) is 0 Å². The van der Waals surface area contributed by atoms with Crippen molar-refractivity contribution in [3.05, 3.63) is 0 Å². The van der Waals surface area contributed by atoms with Crippen LogP contribution >= 0.6 is 0 Å². The van der Waals surface area contributed by atoms with E-state index in [4.69, 9.17) is 10.2 Å². The molecule has 1 fully saturated rings. The van der Waals surface area contributed by atoms with Gasteiger partial charge in [0.2, 0.25) is 0 Å². The molecular weight excluding hydrogens is 124 g/mol. The number of carbonyl (C=O) groups excluding carboxylic acids is 2. The Balaban J connectivity index is 2.91. The van der Waals surface area contributed by atoms with Crippen LogP contribution in [-0.4, -0.2) is 27.6 Å². The van der Waals surface area contributed by atoms with E-state index in [9.17, 15) is 9.59 Å². The van der Waals surface area contributed by atoms with E-state index in [0.717, 1.165) is 0 Å². The van der Waals surface area contributed by atoms with E-state index < -0.39 is 17.4 Å². The van der Waals surface area contributed by atoms with Crippen molar-refractivity contribution in [2.24, 2.45) is 0 Å². The molecule has 2 N–H and O–H groups in total.